The number of nitrogens with zero attached hydrogens (tertiary/aromatic N) is 3. The summed E-state index contributed by atoms with van der Waals surface area (Å²) in [6, 6.07) is 9.98. The van der Waals surface area contributed by atoms with Crippen molar-refractivity contribution in [1.82, 2.24) is 15.6 Å². The number of halogens is 2. The van der Waals surface area contributed by atoms with E-state index in [0.29, 0.717) is 35.3 Å². The first-order valence-corrected chi connectivity index (χ1v) is 8.31. The van der Waals surface area contributed by atoms with Crippen LogP contribution < -0.4 is 10.6 Å². The second kappa shape index (κ2) is 9.60. The molecule has 7 heteroatoms. The number of aromatic nitrogens is 1. The van der Waals surface area contributed by atoms with Gasteiger partial charge in [-0.05, 0) is 37.1 Å². The van der Waals surface area contributed by atoms with Gasteiger partial charge >= 0.3 is 0 Å². The zero-order valence-electron chi connectivity index (χ0n) is 13.9. The summed E-state index contributed by atoms with van der Waals surface area (Å²) < 4.78 is 13.9. The Balaban J connectivity index is 1.93. The van der Waals surface area contributed by atoms with Crippen LogP contribution in [0.25, 0.3) is 0 Å². The van der Waals surface area contributed by atoms with Gasteiger partial charge in [-0.2, -0.15) is 5.26 Å². The molecule has 0 bridgehead atoms. The minimum absolute atomic E-state index is 0.190. The Kier molecular flexibility index (Phi) is 7.17. The van der Waals surface area contributed by atoms with E-state index in [0.717, 1.165) is 12.0 Å². The predicted molar refractivity (Wildman–Crippen MR) is 96.9 cm³/mol. The largest absolute Gasteiger partial charge is 0.357 e. The van der Waals surface area contributed by atoms with Crippen molar-refractivity contribution in [1.29, 1.82) is 5.26 Å². The zero-order chi connectivity index (χ0) is 18.1. The third kappa shape index (κ3) is 6.05. The highest BCUT2D eigenvalue weighted by Crippen LogP contribution is 2.11. The van der Waals surface area contributed by atoms with E-state index in [1.165, 1.54) is 6.07 Å². The normalized spacial score (nSPS) is 11.0. The molecule has 1 heterocycles. The van der Waals surface area contributed by atoms with Crippen LogP contribution >= 0.6 is 11.6 Å². The summed E-state index contributed by atoms with van der Waals surface area (Å²) in [6.45, 7) is 3.51. The van der Waals surface area contributed by atoms with Crippen LogP contribution in [-0.2, 0) is 13.0 Å². The lowest BCUT2D eigenvalue weighted by atomic mass is 10.1. The summed E-state index contributed by atoms with van der Waals surface area (Å²) in [4.78, 5) is 8.42. The first-order chi connectivity index (χ1) is 12.1. The lowest BCUT2D eigenvalue weighted by Gasteiger charge is -2.11. The molecule has 0 aliphatic rings. The summed E-state index contributed by atoms with van der Waals surface area (Å²) in [6.07, 6.45) is 2.50. The van der Waals surface area contributed by atoms with Gasteiger partial charge in [-0.1, -0.05) is 23.7 Å². The van der Waals surface area contributed by atoms with Crippen molar-refractivity contribution in [3.05, 3.63) is 64.2 Å². The average molecular weight is 360 g/mol. The average Bonchev–Trinajstić information content (AvgIpc) is 2.62. The van der Waals surface area contributed by atoms with E-state index in [1.807, 2.05) is 19.1 Å². The molecule has 0 spiro atoms. The first kappa shape index (κ1) is 18.7. The number of benzene rings is 1. The highest BCUT2D eigenvalue weighted by molar-refractivity contribution is 6.29. The van der Waals surface area contributed by atoms with Crippen molar-refractivity contribution in [3.63, 3.8) is 0 Å². The lowest BCUT2D eigenvalue weighted by Crippen LogP contribution is -2.38. The van der Waals surface area contributed by atoms with Gasteiger partial charge in [0.2, 0.25) is 0 Å². The van der Waals surface area contributed by atoms with Crippen molar-refractivity contribution in [3.8, 4) is 6.07 Å². The van der Waals surface area contributed by atoms with Gasteiger partial charge < -0.3 is 10.6 Å². The van der Waals surface area contributed by atoms with E-state index < -0.39 is 5.82 Å². The van der Waals surface area contributed by atoms with Crippen molar-refractivity contribution in [2.24, 2.45) is 4.99 Å². The second-order valence-electron chi connectivity index (χ2n) is 5.28. The van der Waals surface area contributed by atoms with Crippen molar-refractivity contribution in [2.75, 3.05) is 13.1 Å². The summed E-state index contributed by atoms with van der Waals surface area (Å²) in [5.41, 5.74) is 1.80. The summed E-state index contributed by atoms with van der Waals surface area (Å²) in [5.74, 6) is 0.180. The van der Waals surface area contributed by atoms with Gasteiger partial charge in [0.15, 0.2) is 5.96 Å². The number of rotatable bonds is 6. The van der Waals surface area contributed by atoms with Gasteiger partial charge in [0.1, 0.15) is 11.0 Å². The fraction of sp³-hybridized carbons (Fsp3) is 0.278. The molecule has 0 fully saturated rings. The van der Waals surface area contributed by atoms with Crippen LogP contribution in [0.2, 0.25) is 5.15 Å². The highest BCUT2D eigenvalue weighted by atomic mass is 35.5. The van der Waals surface area contributed by atoms with E-state index in [-0.39, 0.29) is 6.54 Å². The van der Waals surface area contributed by atoms with E-state index in [2.05, 4.69) is 20.6 Å². The minimum Gasteiger partial charge on any atom is -0.357 e. The third-order valence-electron chi connectivity index (χ3n) is 3.43. The van der Waals surface area contributed by atoms with E-state index in [1.54, 1.807) is 24.4 Å². The van der Waals surface area contributed by atoms with Crippen LogP contribution in [0.15, 0.2) is 41.5 Å². The van der Waals surface area contributed by atoms with E-state index in [4.69, 9.17) is 16.9 Å². The minimum atomic E-state index is -0.425. The van der Waals surface area contributed by atoms with Crippen LogP contribution in [0.4, 0.5) is 4.39 Å². The molecule has 2 N–H and O–H groups in total. The molecular weight excluding hydrogens is 341 g/mol. The molecule has 0 aliphatic heterocycles. The molecule has 0 aliphatic carbocycles. The molecule has 5 nitrogen and oxygen atoms in total. The van der Waals surface area contributed by atoms with E-state index >= 15 is 0 Å². The maximum Gasteiger partial charge on any atom is 0.191 e. The standard InChI is InChI=1S/C18H19ClFN5/c1-2-22-18(23-8-7-13-4-6-17(19)24-11-13)25-12-15-5-3-14(10-21)9-16(15)20/h3-6,9,11H,2,7-8,12H2,1H3,(H2,22,23,25). The Morgan fingerprint density at radius 3 is 2.80 bits per heavy atom. The van der Waals surface area contributed by atoms with Crippen molar-refractivity contribution in [2.45, 2.75) is 19.9 Å². The predicted octanol–water partition coefficient (Wildman–Crippen LogP) is 3.04. The van der Waals surface area contributed by atoms with Gasteiger partial charge in [-0.25, -0.2) is 14.4 Å². The molecule has 2 rings (SSSR count). The van der Waals surface area contributed by atoms with Crippen LogP contribution in [-0.4, -0.2) is 24.0 Å². The Bertz CT molecular complexity index is 768. The number of nitrogens with one attached hydrogen (secondary N) is 2. The Morgan fingerprint density at radius 2 is 2.16 bits per heavy atom. The topological polar surface area (TPSA) is 73.1 Å². The maximum atomic E-state index is 13.9. The zero-order valence-corrected chi connectivity index (χ0v) is 14.6. The fourth-order valence-corrected chi connectivity index (χ4v) is 2.24. The first-order valence-electron chi connectivity index (χ1n) is 7.93. The van der Waals surface area contributed by atoms with Gasteiger partial charge in [-0.3, -0.25) is 0 Å². The number of pyridine rings is 1. The van der Waals surface area contributed by atoms with Crippen LogP contribution in [0, 0.1) is 17.1 Å². The van der Waals surface area contributed by atoms with Gasteiger partial charge in [0.05, 0.1) is 18.2 Å². The monoisotopic (exact) mass is 359 g/mol. The van der Waals surface area contributed by atoms with Crippen LogP contribution in [0.1, 0.15) is 23.6 Å². The Morgan fingerprint density at radius 1 is 1.32 bits per heavy atom. The summed E-state index contributed by atoms with van der Waals surface area (Å²) in [7, 11) is 0. The molecule has 0 saturated heterocycles. The highest BCUT2D eigenvalue weighted by Gasteiger charge is 2.04. The summed E-state index contributed by atoms with van der Waals surface area (Å²) >= 11 is 5.76. The fourth-order valence-electron chi connectivity index (χ4n) is 2.13. The molecule has 0 amide bonds. The Hall–Kier alpha value is -2.65. The van der Waals surface area contributed by atoms with E-state index in [9.17, 15) is 4.39 Å². The third-order valence-corrected chi connectivity index (χ3v) is 3.65. The van der Waals surface area contributed by atoms with Gasteiger partial charge in [0, 0.05) is 24.8 Å². The molecule has 1 aromatic carbocycles. The van der Waals surface area contributed by atoms with Gasteiger partial charge in [-0.15, -0.1) is 0 Å². The Labute approximate surface area is 151 Å². The molecule has 0 atom stereocenters. The SMILES string of the molecule is CCNC(=NCc1ccc(C#N)cc1F)NCCc1ccc(Cl)nc1. The van der Waals surface area contributed by atoms with Gasteiger partial charge in [0.25, 0.3) is 0 Å². The maximum absolute atomic E-state index is 13.9. The van der Waals surface area contributed by atoms with Crippen LogP contribution in [0.5, 0.6) is 0 Å². The molecule has 0 saturated carbocycles. The number of guanidine groups is 1. The number of nitriles is 1. The van der Waals surface area contributed by atoms with Crippen molar-refractivity contribution >= 4 is 17.6 Å². The van der Waals surface area contributed by atoms with Crippen molar-refractivity contribution < 1.29 is 4.39 Å². The number of hydrogen-bond donors (Lipinski definition) is 2. The summed E-state index contributed by atoms with van der Waals surface area (Å²) in [5, 5.41) is 15.6. The molecule has 0 unspecified atom stereocenters. The quantitative estimate of drug-likeness (QED) is 0.472. The molecule has 2 aromatic rings. The molecular formula is C18H19ClFN5. The molecule has 1 aromatic heterocycles. The molecule has 25 heavy (non-hydrogen) atoms. The number of hydrogen-bond acceptors (Lipinski definition) is 3. The number of aliphatic imine (C=N–C) groups is 1. The smallest absolute Gasteiger partial charge is 0.191 e. The molecule has 0 radical (unpaired) electrons. The molecule has 130 valence electrons. The lowest BCUT2D eigenvalue weighted by molar-refractivity contribution is 0.609. The van der Waals surface area contributed by atoms with Crippen LogP contribution in [0.3, 0.4) is 0 Å². The second-order valence-corrected chi connectivity index (χ2v) is 5.67.